The lowest BCUT2D eigenvalue weighted by Gasteiger charge is -2.24. The van der Waals surface area contributed by atoms with Crippen molar-refractivity contribution in [1.29, 1.82) is 0 Å². The Balaban J connectivity index is 1.65. The Bertz CT molecular complexity index is 1050. The van der Waals surface area contributed by atoms with E-state index in [0.29, 0.717) is 36.7 Å². The second-order valence-electron chi connectivity index (χ2n) is 8.74. The predicted octanol–water partition coefficient (Wildman–Crippen LogP) is 4.75. The minimum Gasteiger partial charge on any atom is -0.467 e. The van der Waals surface area contributed by atoms with E-state index in [4.69, 9.17) is 8.83 Å². The van der Waals surface area contributed by atoms with Gasteiger partial charge in [0.25, 0.3) is 5.91 Å². The van der Waals surface area contributed by atoms with Crippen LogP contribution in [-0.4, -0.2) is 48.8 Å². The Hall–Kier alpha value is -3.06. The molecule has 0 unspecified atom stereocenters. The van der Waals surface area contributed by atoms with E-state index in [1.807, 2.05) is 49.3 Å². The maximum absolute atomic E-state index is 13.7. The first kappa shape index (κ1) is 22.1. The molecule has 1 aromatic carbocycles. The summed E-state index contributed by atoms with van der Waals surface area (Å²) in [5, 5.41) is 3.79. The third-order valence-corrected chi connectivity index (χ3v) is 6.05. The third kappa shape index (κ3) is 5.05. The van der Waals surface area contributed by atoms with Gasteiger partial charge in [0.1, 0.15) is 17.0 Å². The van der Waals surface area contributed by atoms with Crippen LogP contribution in [0.3, 0.4) is 0 Å². The van der Waals surface area contributed by atoms with Crippen LogP contribution in [0.25, 0.3) is 11.0 Å². The SMILES string of the molecule is CN(C)CCN(Cc1ccco1)C(=O)c1oc2ccccc2c1NC(=O)C1CCCCC1. The molecule has 170 valence electrons. The van der Waals surface area contributed by atoms with Gasteiger partial charge in [0.2, 0.25) is 11.7 Å². The van der Waals surface area contributed by atoms with Crippen LogP contribution in [0.2, 0.25) is 0 Å². The molecule has 7 heteroatoms. The highest BCUT2D eigenvalue weighted by Gasteiger charge is 2.29. The van der Waals surface area contributed by atoms with Gasteiger partial charge in [-0.2, -0.15) is 0 Å². The highest BCUT2D eigenvalue weighted by molar-refractivity contribution is 6.11. The van der Waals surface area contributed by atoms with E-state index in [9.17, 15) is 9.59 Å². The number of furan rings is 2. The lowest BCUT2D eigenvalue weighted by atomic mass is 9.88. The Morgan fingerprint density at radius 3 is 2.53 bits per heavy atom. The molecule has 1 aliphatic carbocycles. The smallest absolute Gasteiger partial charge is 0.292 e. The summed E-state index contributed by atoms with van der Waals surface area (Å²) in [7, 11) is 3.93. The summed E-state index contributed by atoms with van der Waals surface area (Å²) < 4.78 is 11.5. The number of nitrogens with one attached hydrogen (secondary N) is 1. The number of carbonyl (C=O) groups is 2. The monoisotopic (exact) mass is 437 g/mol. The lowest BCUT2D eigenvalue weighted by Crippen LogP contribution is -2.36. The van der Waals surface area contributed by atoms with Gasteiger partial charge in [0, 0.05) is 24.4 Å². The summed E-state index contributed by atoms with van der Waals surface area (Å²) in [6.45, 7) is 1.52. The van der Waals surface area contributed by atoms with E-state index in [2.05, 4.69) is 5.32 Å². The molecule has 32 heavy (non-hydrogen) atoms. The van der Waals surface area contributed by atoms with Crippen molar-refractivity contribution in [2.45, 2.75) is 38.6 Å². The molecule has 1 saturated carbocycles. The van der Waals surface area contributed by atoms with Crippen molar-refractivity contribution < 1.29 is 18.4 Å². The first-order chi connectivity index (χ1) is 15.5. The summed E-state index contributed by atoms with van der Waals surface area (Å²) in [6, 6.07) is 11.1. The molecule has 1 N–H and O–H groups in total. The van der Waals surface area contributed by atoms with Gasteiger partial charge >= 0.3 is 0 Å². The van der Waals surface area contributed by atoms with Crippen molar-refractivity contribution in [2.24, 2.45) is 5.92 Å². The van der Waals surface area contributed by atoms with Crippen molar-refractivity contribution in [3.05, 3.63) is 54.2 Å². The molecular weight excluding hydrogens is 406 g/mol. The van der Waals surface area contributed by atoms with Crippen molar-refractivity contribution >= 4 is 28.5 Å². The number of rotatable bonds is 8. The zero-order valence-electron chi connectivity index (χ0n) is 18.8. The Labute approximate surface area is 188 Å². The fraction of sp³-hybridized carbons (Fsp3) is 0.440. The second-order valence-corrected chi connectivity index (χ2v) is 8.74. The summed E-state index contributed by atoms with van der Waals surface area (Å²) >= 11 is 0. The molecule has 2 heterocycles. The number of anilines is 1. The van der Waals surface area contributed by atoms with Gasteiger partial charge < -0.3 is 24.0 Å². The van der Waals surface area contributed by atoms with Crippen molar-refractivity contribution in [1.82, 2.24) is 9.80 Å². The highest BCUT2D eigenvalue weighted by atomic mass is 16.4. The molecule has 0 radical (unpaired) electrons. The molecule has 1 aliphatic rings. The Morgan fingerprint density at radius 1 is 1.03 bits per heavy atom. The van der Waals surface area contributed by atoms with E-state index in [-0.39, 0.29) is 23.5 Å². The number of amides is 2. The van der Waals surface area contributed by atoms with Crippen LogP contribution in [0.4, 0.5) is 5.69 Å². The number of likely N-dealkylation sites (N-methyl/N-ethyl adjacent to an activating group) is 1. The molecule has 0 atom stereocenters. The molecule has 3 aromatic rings. The average molecular weight is 438 g/mol. The number of benzene rings is 1. The normalized spacial score (nSPS) is 14.7. The fourth-order valence-corrected chi connectivity index (χ4v) is 4.22. The maximum atomic E-state index is 13.7. The highest BCUT2D eigenvalue weighted by Crippen LogP contribution is 2.34. The molecule has 0 spiro atoms. The summed E-state index contributed by atoms with van der Waals surface area (Å²) in [4.78, 5) is 30.4. The lowest BCUT2D eigenvalue weighted by molar-refractivity contribution is -0.120. The zero-order chi connectivity index (χ0) is 22.5. The van der Waals surface area contributed by atoms with Crippen LogP contribution in [0.1, 0.15) is 48.4 Å². The number of carbonyl (C=O) groups excluding carboxylic acids is 2. The van der Waals surface area contributed by atoms with Gasteiger partial charge in [-0.05, 0) is 51.2 Å². The molecule has 0 bridgehead atoms. The van der Waals surface area contributed by atoms with Crippen LogP contribution in [0, 0.1) is 5.92 Å². The number of para-hydroxylation sites is 1. The minimum absolute atomic E-state index is 0.0201. The summed E-state index contributed by atoms with van der Waals surface area (Å²) in [5.74, 6) is 0.546. The largest absolute Gasteiger partial charge is 0.467 e. The molecule has 2 amide bonds. The first-order valence-electron chi connectivity index (χ1n) is 11.3. The molecule has 0 aliphatic heterocycles. The molecule has 4 rings (SSSR count). The van der Waals surface area contributed by atoms with Crippen molar-refractivity contribution in [3.8, 4) is 0 Å². The van der Waals surface area contributed by atoms with Gasteiger partial charge in [-0.3, -0.25) is 9.59 Å². The van der Waals surface area contributed by atoms with Crippen LogP contribution in [0.5, 0.6) is 0 Å². The van der Waals surface area contributed by atoms with Gasteiger partial charge in [0.15, 0.2) is 0 Å². The van der Waals surface area contributed by atoms with Crippen molar-refractivity contribution in [3.63, 3.8) is 0 Å². The summed E-state index contributed by atoms with van der Waals surface area (Å²) in [5.41, 5.74) is 1.05. The second kappa shape index (κ2) is 10.0. The van der Waals surface area contributed by atoms with Crippen molar-refractivity contribution in [2.75, 3.05) is 32.5 Å². The van der Waals surface area contributed by atoms with Crippen LogP contribution < -0.4 is 5.32 Å². The van der Waals surface area contributed by atoms with E-state index in [1.54, 1.807) is 17.2 Å². The predicted molar refractivity (Wildman–Crippen MR) is 123 cm³/mol. The van der Waals surface area contributed by atoms with E-state index >= 15 is 0 Å². The Kier molecular flexibility index (Phi) is 6.95. The van der Waals surface area contributed by atoms with Crippen LogP contribution in [0.15, 0.2) is 51.5 Å². The summed E-state index contributed by atoms with van der Waals surface area (Å²) in [6.07, 6.45) is 6.68. The third-order valence-electron chi connectivity index (χ3n) is 6.05. The van der Waals surface area contributed by atoms with Gasteiger partial charge in [-0.15, -0.1) is 0 Å². The minimum atomic E-state index is -0.265. The van der Waals surface area contributed by atoms with E-state index < -0.39 is 0 Å². The molecule has 2 aromatic heterocycles. The Morgan fingerprint density at radius 2 is 1.81 bits per heavy atom. The zero-order valence-corrected chi connectivity index (χ0v) is 18.8. The van der Waals surface area contributed by atoms with Crippen LogP contribution in [-0.2, 0) is 11.3 Å². The van der Waals surface area contributed by atoms with E-state index in [0.717, 1.165) is 31.1 Å². The molecule has 7 nitrogen and oxygen atoms in total. The van der Waals surface area contributed by atoms with Gasteiger partial charge in [-0.1, -0.05) is 31.4 Å². The fourth-order valence-electron chi connectivity index (χ4n) is 4.22. The standard InChI is InChI=1S/C25H31N3O4/c1-27(2)14-15-28(17-19-11-8-16-31-19)25(30)23-22(20-12-6-7-13-21(20)32-23)26-24(29)18-9-4-3-5-10-18/h6-8,11-13,16,18H,3-5,9-10,14-15,17H2,1-2H3,(H,26,29). The molecule has 0 saturated heterocycles. The van der Waals surface area contributed by atoms with Gasteiger partial charge in [0.05, 0.1) is 12.8 Å². The average Bonchev–Trinajstić information content (AvgIpc) is 3.45. The number of hydrogen-bond donors (Lipinski definition) is 1. The first-order valence-corrected chi connectivity index (χ1v) is 11.3. The van der Waals surface area contributed by atoms with Crippen LogP contribution >= 0.6 is 0 Å². The number of fused-ring (bicyclic) bond motifs is 1. The van der Waals surface area contributed by atoms with Gasteiger partial charge in [-0.25, -0.2) is 0 Å². The molecule has 1 fully saturated rings. The number of hydrogen-bond acceptors (Lipinski definition) is 5. The molecular formula is C25H31N3O4. The number of nitrogens with zero attached hydrogens (tertiary/aromatic N) is 2. The quantitative estimate of drug-likeness (QED) is 0.550. The van der Waals surface area contributed by atoms with E-state index in [1.165, 1.54) is 6.42 Å². The maximum Gasteiger partial charge on any atom is 0.292 e. The topological polar surface area (TPSA) is 78.9 Å².